The smallest absolute Gasteiger partial charge is 0.134 e. The molecule has 15 heavy (non-hydrogen) atoms. The highest BCUT2D eigenvalue weighted by molar-refractivity contribution is 5.78. The largest absolute Gasteiger partial charge is 0.461 e. The summed E-state index contributed by atoms with van der Waals surface area (Å²) in [5.74, 6) is 2.09. The van der Waals surface area contributed by atoms with E-state index in [-0.39, 0.29) is 0 Å². The van der Waals surface area contributed by atoms with Crippen molar-refractivity contribution in [2.24, 2.45) is 0 Å². The molecule has 0 unspecified atom stereocenters. The van der Waals surface area contributed by atoms with E-state index in [2.05, 4.69) is 52.0 Å². The van der Waals surface area contributed by atoms with Crippen molar-refractivity contribution in [1.82, 2.24) is 0 Å². The Hall–Kier alpha value is -1.24. The minimum Gasteiger partial charge on any atom is -0.461 e. The molecule has 0 atom stereocenters. The summed E-state index contributed by atoms with van der Waals surface area (Å²) in [5.41, 5.74) is 2.36. The summed E-state index contributed by atoms with van der Waals surface area (Å²) in [6.45, 7) is 8.71. The van der Waals surface area contributed by atoms with Gasteiger partial charge >= 0.3 is 0 Å². The van der Waals surface area contributed by atoms with Crippen LogP contribution in [0, 0.1) is 0 Å². The summed E-state index contributed by atoms with van der Waals surface area (Å²) in [4.78, 5) is 0. The molecule has 0 aliphatic rings. The lowest BCUT2D eigenvalue weighted by atomic mass is 10.0. The molecule has 0 aliphatic carbocycles. The highest BCUT2D eigenvalue weighted by Crippen LogP contribution is 2.27. The lowest BCUT2D eigenvalue weighted by Gasteiger charge is -2.03. The van der Waals surface area contributed by atoms with Crippen LogP contribution in [-0.4, -0.2) is 0 Å². The van der Waals surface area contributed by atoms with Crippen LogP contribution in [0.5, 0.6) is 0 Å². The first-order valence-corrected chi connectivity index (χ1v) is 5.61. The Morgan fingerprint density at radius 3 is 2.27 bits per heavy atom. The molecule has 0 spiro atoms. The molecule has 80 valence electrons. The van der Waals surface area contributed by atoms with Crippen molar-refractivity contribution in [1.29, 1.82) is 0 Å². The van der Waals surface area contributed by atoms with Crippen molar-refractivity contribution in [2.75, 3.05) is 0 Å². The van der Waals surface area contributed by atoms with Crippen LogP contribution in [0.4, 0.5) is 0 Å². The molecule has 2 aromatic rings. The molecule has 1 aromatic carbocycles. The van der Waals surface area contributed by atoms with E-state index in [9.17, 15) is 0 Å². The van der Waals surface area contributed by atoms with Crippen LogP contribution in [0.2, 0.25) is 0 Å². The van der Waals surface area contributed by atoms with Crippen LogP contribution in [0.25, 0.3) is 11.0 Å². The molecular weight excluding hydrogens is 184 g/mol. The van der Waals surface area contributed by atoms with Crippen LogP contribution < -0.4 is 0 Å². The van der Waals surface area contributed by atoms with Crippen molar-refractivity contribution in [3.63, 3.8) is 0 Å². The molecule has 0 amide bonds. The molecule has 1 nitrogen and oxygen atoms in total. The molecule has 0 fully saturated rings. The summed E-state index contributed by atoms with van der Waals surface area (Å²) >= 11 is 0. The van der Waals surface area contributed by atoms with Gasteiger partial charge in [0.15, 0.2) is 0 Å². The molecule has 1 aromatic heterocycles. The number of hydrogen-bond donors (Lipinski definition) is 0. The zero-order valence-corrected chi connectivity index (χ0v) is 9.87. The van der Waals surface area contributed by atoms with E-state index in [1.807, 2.05) is 0 Å². The summed E-state index contributed by atoms with van der Waals surface area (Å²) < 4.78 is 5.82. The maximum absolute atomic E-state index is 5.82. The van der Waals surface area contributed by atoms with Crippen LogP contribution in [0.1, 0.15) is 50.9 Å². The average molecular weight is 202 g/mol. The molecule has 0 saturated heterocycles. The van der Waals surface area contributed by atoms with E-state index >= 15 is 0 Å². The van der Waals surface area contributed by atoms with Gasteiger partial charge in [-0.05, 0) is 23.6 Å². The first-order chi connectivity index (χ1) is 7.08. The maximum atomic E-state index is 5.82. The average Bonchev–Trinajstić information content (AvgIpc) is 2.59. The molecular formula is C14H18O. The maximum Gasteiger partial charge on any atom is 0.134 e. The Morgan fingerprint density at radius 2 is 1.67 bits per heavy atom. The fourth-order valence-corrected chi connectivity index (χ4v) is 1.71. The van der Waals surface area contributed by atoms with Crippen molar-refractivity contribution >= 4 is 11.0 Å². The van der Waals surface area contributed by atoms with Crippen LogP contribution in [0.15, 0.2) is 28.7 Å². The van der Waals surface area contributed by atoms with Gasteiger partial charge in [-0.3, -0.25) is 0 Å². The van der Waals surface area contributed by atoms with E-state index in [4.69, 9.17) is 4.42 Å². The van der Waals surface area contributed by atoms with Gasteiger partial charge in [-0.2, -0.15) is 0 Å². The van der Waals surface area contributed by atoms with Crippen LogP contribution in [0.3, 0.4) is 0 Å². The minimum absolute atomic E-state index is 0.458. The number of rotatable bonds is 2. The van der Waals surface area contributed by atoms with Gasteiger partial charge in [0.1, 0.15) is 11.3 Å². The zero-order valence-electron chi connectivity index (χ0n) is 9.87. The second kappa shape index (κ2) is 3.73. The molecule has 0 radical (unpaired) electrons. The van der Waals surface area contributed by atoms with E-state index in [0.717, 1.165) is 11.3 Å². The minimum atomic E-state index is 0.458. The third kappa shape index (κ3) is 1.92. The molecule has 0 bridgehead atoms. The quantitative estimate of drug-likeness (QED) is 0.689. The Morgan fingerprint density at radius 1 is 0.933 bits per heavy atom. The topological polar surface area (TPSA) is 13.1 Å². The third-order valence-electron chi connectivity index (χ3n) is 2.80. The van der Waals surface area contributed by atoms with E-state index in [1.165, 1.54) is 10.9 Å². The summed E-state index contributed by atoms with van der Waals surface area (Å²) in [5, 5.41) is 1.21. The first kappa shape index (κ1) is 10.3. The monoisotopic (exact) mass is 202 g/mol. The number of fused-ring (bicyclic) bond motifs is 1. The predicted molar refractivity (Wildman–Crippen MR) is 64.4 cm³/mol. The second-order valence-electron chi connectivity index (χ2n) is 4.76. The molecule has 1 heterocycles. The summed E-state index contributed by atoms with van der Waals surface area (Å²) in [7, 11) is 0. The first-order valence-electron chi connectivity index (χ1n) is 5.61. The Bertz CT molecular complexity index is 457. The fraction of sp³-hybridized carbons (Fsp3) is 0.429. The Balaban J connectivity index is 2.52. The fourth-order valence-electron chi connectivity index (χ4n) is 1.71. The lowest BCUT2D eigenvalue weighted by Crippen LogP contribution is -1.84. The lowest BCUT2D eigenvalue weighted by molar-refractivity contribution is 0.521. The van der Waals surface area contributed by atoms with Gasteiger partial charge < -0.3 is 4.42 Å². The number of benzene rings is 1. The standard InChI is InChI=1S/C14H18O/c1-9(2)11-5-6-12-8-13(10(3)4)15-14(12)7-11/h5-10H,1-4H3. The van der Waals surface area contributed by atoms with Gasteiger partial charge in [0.25, 0.3) is 0 Å². The number of furan rings is 1. The second-order valence-corrected chi connectivity index (χ2v) is 4.76. The molecule has 0 N–H and O–H groups in total. The van der Waals surface area contributed by atoms with Crippen LogP contribution in [-0.2, 0) is 0 Å². The van der Waals surface area contributed by atoms with Gasteiger partial charge in [-0.1, -0.05) is 39.8 Å². The molecule has 2 rings (SSSR count). The highest BCUT2D eigenvalue weighted by Gasteiger charge is 2.08. The van der Waals surface area contributed by atoms with Gasteiger partial charge in [0.05, 0.1) is 0 Å². The SMILES string of the molecule is CC(C)c1ccc2cc(C(C)C)oc2c1. The molecule has 1 heteroatoms. The van der Waals surface area contributed by atoms with Crippen molar-refractivity contribution in [3.05, 3.63) is 35.6 Å². The van der Waals surface area contributed by atoms with Crippen molar-refractivity contribution in [2.45, 2.75) is 39.5 Å². The Kier molecular flexibility index (Phi) is 2.56. The number of hydrogen-bond acceptors (Lipinski definition) is 1. The van der Waals surface area contributed by atoms with E-state index in [1.54, 1.807) is 0 Å². The normalized spacial score (nSPS) is 11.9. The zero-order chi connectivity index (χ0) is 11.0. The summed E-state index contributed by atoms with van der Waals surface area (Å²) in [6.07, 6.45) is 0. The van der Waals surface area contributed by atoms with Gasteiger partial charge in [0.2, 0.25) is 0 Å². The van der Waals surface area contributed by atoms with Crippen LogP contribution >= 0.6 is 0 Å². The van der Waals surface area contributed by atoms with Crippen molar-refractivity contribution < 1.29 is 4.42 Å². The molecule has 0 saturated carbocycles. The Labute approximate surface area is 91.1 Å². The third-order valence-corrected chi connectivity index (χ3v) is 2.80. The van der Waals surface area contributed by atoms with Gasteiger partial charge in [-0.15, -0.1) is 0 Å². The van der Waals surface area contributed by atoms with Crippen molar-refractivity contribution in [3.8, 4) is 0 Å². The highest BCUT2D eigenvalue weighted by atomic mass is 16.3. The van der Waals surface area contributed by atoms with E-state index < -0.39 is 0 Å². The van der Waals surface area contributed by atoms with Gasteiger partial charge in [-0.25, -0.2) is 0 Å². The van der Waals surface area contributed by atoms with E-state index in [0.29, 0.717) is 11.8 Å². The predicted octanol–water partition coefficient (Wildman–Crippen LogP) is 4.68. The summed E-state index contributed by atoms with van der Waals surface area (Å²) in [6, 6.07) is 8.64. The molecule has 0 aliphatic heterocycles. The van der Waals surface area contributed by atoms with Gasteiger partial charge in [0, 0.05) is 11.3 Å².